The summed E-state index contributed by atoms with van der Waals surface area (Å²) in [7, 11) is 0. The molecular weight excluding hydrogens is 238 g/mol. The first-order valence-electron chi connectivity index (χ1n) is 6.15. The van der Waals surface area contributed by atoms with E-state index in [1.807, 2.05) is 0 Å². The van der Waals surface area contributed by atoms with Gasteiger partial charge in [-0.1, -0.05) is 47.2 Å². The smallest absolute Gasteiger partial charge is 0.0189 e. The normalized spacial score (nSPS) is 10.7. The lowest BCUT2D eigenvalue weighted by atomic mass is 10.1. The molecule has 0 atom stereocenters. The highest BCUT2D eigenvalue weighted by Gasteiger charge is 2.06. The highest BCUT2D eigenvalue weighted by Crippen LogP contribution is 2.33. The van der Waals surface area contributed by atoms with E-state index in [1.165, 1.54) is 32.0 Å². The molecule has 0 fully saturated rings. The van der Waals surface area contributed by atoms with Crippen LogP contribution in [-0.2, 0) is 6.54 Å². The third-order valence-corrected chi connectivity index (χ3v) is 4.28. The van der Waals surface area contributed by atoms with E-state index in [0.29, 0.717) is 6.54 Å². The summed E-state index contributed by atoms with van der Waals surface area (Å²) in [5.41, 5.74) is 10.9. The molecule has 94 valence electrons. The van der Waals surface area contributed by atoms with Gasteiger partial charge in [0.25, 0.3) is 0 Å². The number of aryl methyl sites for hydroxylation is 3. The van der Waals surface area contributed by atoms with Gasteiger partial charge >= 0.3 is 0 Å². The molecule has 2 aromatic carbocycles. The Labute approximate surface area is 113 Å². The summed E-state index contributed by atoms with van der Waals surface area (Å²) in [5, 5.41) is 0. The van der Waals surface area contributed by atoms with Crippen LogP contribution in [-0.4, -0.2) is 0 Å². The van der Waals surface area contributed by atoms with Crippen molar-refractivity contribution in [2.75, 3.05) is 0 Å². The van der Waals surface area contributed by atoms with Crippen LogP contribution in [0.1, 0.15) is 22.3 Å². The fourth-order valence-corrected chi connectivity index (χ4v) is 3.00. The Morgan fingerprint density at radius 3 is 2.11 bits per heavy atom. The minimum absolute atomic E-state index is 0.592. The minimum atomic E-state index is 0.592. The van der Waals surface area contributed by atoms with E-state index in [1.54, 1.807) is 11.8 Å². The summed E-state index contributed by atoms with van der Waals surface area (Å²) in [6, 6.07) is 13.1. The highest BCUT2D eigenvalue weighted by molar-refractivity contribution is 7.99. The number of benzene rings is 2. The maximum absolute atomic E-state index is 5.82. The predicted octanol–water partition coefficient (Wildman–Crippen LogP) is 4.22. The summed E-state index contributed by atoms with van der Waals surface area (Å²) in [5.74, 6) is 0. The Morgan fingerprint density at radius 1 is 0.889 bits per heavy atom. The highest BCUT2D eigenvalue weighted by atomic mass is 32.2. The number of hydrogen-bond acceptors (Lipinski definition) is 2. The molecule has 2 N–H and O–H groups in total. The van der Waals surface area contributed by atoms with Gasteiger partial charge in [0.1, 0.15) is 0 Å². The van der Waals surface area contributed by atoms with Crippen LogP contribution in [0, 0.1) is 20.8 Å². The van der Waals surface area contributed by atoms with Gasteiger partial charge in [0.05, 0.1) is 0 Å². The summed E-state index contributed by atoms with van der Waals surface area (Å²) in [6.45, 7) is 6.98. The van der Waals surface area contributed by atoms with Crippen molar-refractivity contribution < 1.29 is 0 Å². The van der Waals surface area contributed by atoms with Gasteiger partial charge in [-0.3, -0.25) is 0 Å². The molecule has 2 heteroatoms. The van der Waals surface area contributed by atoms with Crippen LogP contribution in [0.5, 0.6) is 0 Å². The van der Waals surface area contributed by atoms with Crippen molar-refractivity contribution in [1.82, 2.24) is 0 Å². The van der Waals surface area contributed by atoms with Crippen LogP contribution < -0.4 is 5.73 Å². The van der Waals surface area contributed by atoms with E-state index < -0.39 is 0 Å². The van der Waals surface area contributed by atoms with Gasteiger partial charge in [-0.15, -0.1) is 0 Å². The fraction of sp³-hybridized carbons (Fsp3) is 0.250. The second-order valence-electron chi connectivity index (χ2n) is 4.69. The van der Waals surface area contributed by atoms with E-state index in [4.69, 9.17) is 5.73 Å². The van der Waals surface area contributed by atoms with Crippen molar-refractivity contribution in [3.05, 3.63) is 58.7 Å². The van der Waals surface area contributed by atoms with E-state index in [2.05, 4.69) is 57.2 Å². The largest absolute Gasteiger partial charge is 0.326 e. The Balaban J connectivity index is 2.33. The van der Waals surface area contributed by atoms with Gasteiger partial charge in [0, 0.05) is 16.3 Å². The average Bonchev–Trinajstić information content (AvgIpc) is 2.34. The van der Waals surface area contributed by atoms with Crippen LogP contribution in [0.3, 0.4) is 0 Å². The van der Waals surface area contributed by atoms with Gasteiger partial charge < -0.3 is 5.73 Å². The topological polar surface area (TPSA) is 26.0 Å². The molecule has 2 rings (SSSR count). The predicted molar refractivity (Wildman–Crippen MR) is 79.1 cm³/mol. The summed E-state index contributed by atoms with van der Waals surface area (Å²) in [4.78, 5) is 2.56. The molecule has 0 spiro atoms. The standard InChI is InChI=1S/C16H19NS/c1-11-4-6-15(13(3)8-11)18-16-7-5-12(2)9-14(16)10-17/h4-9H,10,17H2,1-3H3. The molecule has 0 aromatic heterocycles. The quantitative estimate of drug-likeness (QED) is 0.891. The maximum atomic E-state index is 5.82. The summed E-state index contributed by atoms with van der Waals surface area (Å²) >= 11 is 1.80. The molecule has 0 saturated carbocycles. The molecule has 0 aliphatic carbocycles. The van der Waals surface area contributed by atoms with Gasteiger partial charge in [-0.25, -0.2) is 0 Å². The zero-order valence-electron chi connectivity index (χ0n) is 11.2. The van der Waals surface area contributed by atoms with Crippen molar-refractivity contribution in [2.24, 2.45) is 5.73 Å². The van der Waals surface area contributed by atoms with E-state index in [0.717, 1.165) is 0 Å². The lowest BCUT2D eigenvalue weighted by Crippen LogP contribution is -1.99. The lowest BCUT2D eigenvalue weighted by molar-refractivity contribution is 1.02. The Bertz CT molecular complexity index is 561. The molecule has 0 aliphatic rings. The molecule has 1 nitrogen and oxygen atoms in total. The molecular formula is C16H19NS. The molecule has 0 radical (unpaired) electrons. The van der Waals surface area contributed by atoms with Crippen LogP contribution in [0.25, 0.3) is 0 Å². The first kappa shape index (κ1) is 13.2. The first-order valence-corrected chi connectivity index (χ1v) is 6.96. The van der Waals surface area contributed by atoms with Gasteiger partial charge in [-0.05, 0) is 44.0 Å². The molecule has 0 aliphatic heterocycles. The van der Waals surface area contributed by atoms with E-state index in [9.17, 15) is 0 Å². The van der Waals surface area contributed by atoms with Crippen LogP contribution in [0.4, 0.5) is 0 Å². The molecule has 0 amide bonds. The van der Waals surface area contributed by atoms with Crippen molar-refractivity contribution in [3.8, 4) is 0 Å². The van der Waals surface area contributed by atoms with Crippen molar-refractivity contribution >= 4 is 11.8 Å². The number of rotatable bonds is 3. The lowest BCUT2D eigenvalue weighted by Gasteiger charge is -2.11. The third-order valence-electron chi connectivity index (χ3n) is 2.99. The summed E-state index contributed by atoms with van der Waals surface area (Å²) in [6.07, 6.45) is 0. The number of hydrogen-bond donors (Lipinski definition) is 1. The molecule has 18 heavy (non-hydrogen) atoms. The van der Waals surface area contributed by atoms with Crippen LogP contribution >= 0.6 is 11.8 Å². The van der Waals surface area contributed by atoms with Crippen molar-refractivity contribution in [1.29, 1.82) is 0 Å². The van der Waals surface area contributed by atoms with Crippen molar-refractivity contribution in [3.63, 3.8) is 0 Å². The average molecular weight is 257 g/mol. The van der Waals surface area contributed by atoms with Gasteiger partial charge in [0.2, 0.25) is 0 Å². The molecule has 0 heterocycles. The van der Waals surface area contributed by atoms with E-state index in [-0.39, 0.29) is 0 Å². The Kier molecular flexibility index (Phi) is 4.10. The fourth-order valence-electron chi connectivity index (χ4n) is 2.00. The molecule has 0 bridgehead atoms. The SMILES string of the molecule is Cc1ccc(Sc2ccc(C)cc2CN)c(C)c1. The zero-order valence-corrected chi connectivity index (χ0v) is 12.0. The number of nitrogens with two attached hydrogens (primary N) is 1. The summed E-state index contributed by atoms with van der Waals surface area (Å²) < 4.78 is 0. The van der Waals surface area contributed by atoms with Crippen LogP contribution in [0.2, 0.25) is 0 Å². The second kappa shape index (κ2) is 5.59. The van der Waals surface area contributed by atoms with Crippen LogP contribution in [0.15, 0.2) is 46.2 Å². The van der Waals surface area contributed by atoms with E-state index >= 15 is 0 Å². The first-order chi connectivity index (χ1) is 8.60. The Morgan fingerprint density at radius 2 is 1.50 bits per heavy atom. The third kappa shape index (κ3) is 2.95. The zero-order chi connectivity index (χ0) is 13.1. The molecule has 0 saturated heterocycles. The Hall–Kier alpha value is -1.25. The monoisotopic (exact) mass is 257 g/mol. The van der Waals surface area contributed by atoms with Crippen molar-refractivity contribution in [2.45, 2.75) is 37.1 Å². The second-order valence-corrected chi connectivity index (χ2v) is 5.77. The maximum Gasteiger partial charge on any atom is 0.0189 e. The minimum Gasteiger partial charge on any atom is -0.326 e. The van der Waals surface area contributed by atoms with Gasteiger partial charge in [0.15, 0.2) is 0 Å². The molecule has 0 unspecified atom stereocenters. The van der Waals surface area contributed by atoms with Gasteiger partial charge in [-0.2, -0.15) is 0 Å². The molecule has 2 aromatic rings.